The molecule has 21 heavy (non-hydrogen) atoms. The minimum Gasteiger partial charge on any atom is -0.382 e. The summed E-state index contributed by atoms with van der Waals surface area (Å²) in [6.07, 6.45) is 7.48. The standard InChI is InChI=1S/C17H36N2O2/c1-4-9-19(10-6-11-21-13-12-20-3)17(15-18)8-5-7-16(2)14-17/h16H,4-15,18H2,1-3H3. The van der Waals surface area contributed by atoms with Crippen LogP contribution in [0.2, 0.25) is 0 Å². The zero-order valence-corrected chi connectivity index (χ0v) is 14.4. The summed E-state index contributed by atoms with van der Waals surface area (Å²) in [7, 11) is 1.71. The van der Waals surface area contributed by atoms with Crippen LogP contribution in [0, 0.1) is 5.92 Å². The van der Waals surface area contributed by atoms with Crippen LogP contribution in [-0.2, 0) is 9.47 Å². The van der Waals surface area contributed by atoms with Gasteiger partial charge >= 0.3 is 0 Å². The first-order valence-electron chi connectivity index (χ1n) is 8.70. The summed E-state index contributed by atoms with van der Waals surface area (Å²) in [4.78, 5) is 2.66. The van der Waals surface area contributed by atoms with Gasteiger partial charge in [0.15, 0.2) is 0 Å². The maximum absolute atomic E-state index is 6.21. The quantitative estimate of drug-likeness (QED) is 0.596. The maximum atomic E-state index is 6.21. The Kier molecular flexibility index (Phi) is 9.49. The molecule has 0 radical (unpaired) electrons. The molecule has 0 saturated heterocycles. The molecular formula is C17H36N2O2. The lowest BCUT2D eigenvalue weighted by atomic mass is 9.75. The van der Waals surface area contributed by atoms with Crippen LogP contribution in [0.15, 0.2) is 0 Å². The third-order valence-corrected chi connectivity index (χ3v) is 4.76. The van der Waals surface area contributed by atoms with E-state index in [1.54, 1.807) is 7.11 Å². The Labute approximate surface area is 131 Å². The third kappa shape index (κ3) is 6.23. The van der Waals surface area contributed by atoms with E-state index in [9.17, 15) is 0 Å². The summed E-state index contributed by atoms with van der Waals surface area (Å²) in [6, 6.07) is 0. The van der Waals surface area contributed by atoms with E-state index in [1.165, 1.54) is 32.1 Å². The second-order valence-corrected chi connectivity index (χ2v) is 6.58. The molecule has 126 valence electrons. The van der Waals surface area contributed by atoms with Crippen molar-refractivity contribution in [2.45, 2.75) is 57.9 Å². The fourth-order valence-corrected chi connectivity index (χ4v) is 3.69. The van der Waals surface area contributed by atoms with E-state index in [2.05, 4.69) is 18.7 Å². The molecule has 2 N–H and O–H groups in total. The molecule has 1 saturated carbocycles. The van der Waals surface area contributed by atoms with Crippen molar-refractivity contribution in [3.63, 3.8) is 0 Å². The SMILES string of the molecule is CCCN(CCCOCCOC)C1(CN)CCCC(C)C1. The minimum atomic E-state index is 0.236. The van der Waals surface area contributed by atoms with Crippen LogP contribution in [0.25, 0.3) is 0 Å². The molecule has 0 amide bonds. The lowest BCUT2D eigenvalue weighted by Gasteiger charge is -2.48. The molecule has 4 nitrogen and oxygen atoms in total. The molecule has 2 unspecified atom stereocenters. The number of ether oxygens (including phenoxy) is 2. The summed E-state index contributed by atoms with van der Waals surface area (Å²) < 4.78 is 10.6. The number of methoxy groups -OCH3 is 1. The highest BCUT2D eigenvalue weighted by molar-refractivity contribution is 4.95. The number of nitrogens with zero attached hydrogens (tertiary/aromatic N) is 1. The summed E-state index contributed by atoms with van der Waals surface area (Å²) in [5.41, 5.74) is 6.45. The Morgan fingerprint density at radius 3 is 2.67 bits per heavy atom. The fraction of sp³-hybridized carbons (Fsp3) is 1.00. The Morgan fingerprint density at radius 2 is 2.05 bits per heavy atom. The summed E-state index contributed by atoms with van der Waals surface area (Å²) in [6.45, 7) is 9.89. The van der Waals surface area contributed by atoms with Crippen molar-refractivity contribution in [3.8, 4) is 0 Å². The Balaban J connectivity index is 2.45. The van der Waals surface area contributed by atoms with Crippen molar-refractivity contribution < 1.29 is 9.47 Å². The van der Waals surface area contributed by atoms with E-state index in [-0.39, 0.29) is 5.54 Å². The highest BCUT2D eigenvalue weighted by atomic mass is 16.5. The molecule has 0 heterocycles. The smallest absolute Gasteiger partial charge is 0.0700 e. The molecule has 0 bridgehead atoms. The van der Waals surface area contributed by atoms with Gasteiger partial charge in [-0.1, -0.05) is 26.7 Å². The average Bonchev–Trinajstić information content (AvgIpc) is 2.49. The fourth-order valence-electron chi connectivity index (χ4n) is 3.69. The van der Waals surface area contributed by atoms with Gasteiger partial charge in [0.25, 0.3) is 0 Å². The maximum Gasteiger partial charge on any atom is 0.0700 e. The molecule has 4 heteroatoms. The Bertz CT molecular complexity index is 263. The van der Waals surface area contributed by atoms with Gasteiger partial charge in [-0.05, 0) is 38.1 Å². The lowest BCUT2D eigenvalue weighted by molar-refractivity contribution is 0.0234. The molecule has 1 fully saturated rings. The van der Waals surface area contributed by atoms with Crippen LogP contribution in [0.5, 0.6) is 0 Å². The first-order valence-corrected chi connectivity index (χ1v) is 8.70. The van der Waals surface area contributed by atoms with Crippen molar-refractivity contribution in [2.75, 3.05) is 46.6 Å². The van der Waals surface area contributed by atoms with Crippen LogP contribution in [0.4, 0.5) is 0 Å². The lowest BCUT2D eigenvalue weighted by Crippen LogP contribution is -2.56. The number of nitrogens with two attached hydrogens (primary N) is 1. The molecule has 2 atom stereocenters. The number of hydrogen-bond donors (Lipinski definition) is 1. The van der Waals surface area contributed by atoms with E-state index in [0.29, 0.717) is 13.2 Å². The normalized spacial score (nSPS) is 26.4. The molecular weight excluding hydrogens is 264 g/mol. The average molecular weight is 300 g/mol. The van der Waals surface area contributed by atoms with Gasteiger partial charge in [-0.2, -0.15) is 0 Å². The van der Waals surface area contributed by atoms with E-state index in [1.807, 2.05) is 0 Å². The van der Waals surface area contributed by atoms with E-state index >= 15 is 0 Å². The van der Waals surface area contributed by atoms with Crippen LogP contribution in [0.1, 0.15) is 52.4 Å². The minimum absolute atomic E-state index is 0.236. The second kappa shape index (κ2) is 10.5. The summed E-state index contributed by atoms with van der Waals surface area (Å²) in [5, 5.41) is 0. The second-order valence-electron chi connectivity index (χ2n) is 6.58. The van der Waals surface area contributed by atoms with Crippen LogP contribution >= 0.6 is 0 Å². The topological polar surface area (TPSA) is 47.7 Å². The van der Waals surface area contributed by atoms with E-state index < -0.39 is 0 Å². The summed E-state index contributed by atoms with van der Waals surface area (Å²) >= 11 is 0. The molecule has 0 aromatic rings. The van der Waals surface area contributed by atoms with Crippen molar-refractivity contribution in [3.05, 3.63) is 0 Å². The van der Waals surface area contributed by atoms with E-state index in [0.717, 1.165) is 38.6 Å². The Morgan fingerprint density at radius 1 is 1.24 bits per heavy atom. The van der Waals surface area contributed by atoms with Crippen LogP contribution in [0.3, 0.4) is 0 Å². The van der Waals surface area contributed by atoms with Crippen molar-refractivity contribution in [1.82, 2.24) is 4.90 Å². The first-order chi connectivity index (χ1) is 10.2. The zero-order valence-electron chi connectivity index (χ0n) is 14.4. The van der Waals surface area contributed by atoms with Crippen molar-refractivity contribution >= 4 is 0 Å². The van der Waals surface area contributed by atoms with Gasteiger partial charge in [0.2, 0.25) is 0 Å². The molecule has 0 aromatic carbocycles. The van der Waals surface area contributed by atoms with Gasteiger partial charge in [-0.25, -0.2) is 0 Å². The molecule has 1 aliphatic carbocycles. The van der Waals surface area contributed by atoms with Crippen molar-refractivity contribution in [1.29, 1.82) is 0 Å². The molecule has 0 aromatic heterocycles. The van der Waals surface area contributed by atoms with Gasteiger partial charge in [0.1, 0.15) is 0 Å². The molecule has 1 aliphatic rings. The predicted molar refractivity (Wildman–Crippen MR) is 88.6 cm³/mol. The zero-order chi connectivity index (χ0) is 15.6. The van der Waals surface area contributed by atoms with Gasteiger partial charge in [0, 0.05) is 32.3 Å². The van der Waals surface area contributed by atoms with E-state index in [4.69, 9.17) is 15.2 Å². The van der Waals surface area contributed by atoms with Gasteiger partial charge in [-0.15, -0.1) is 0 Å². The number of rotatable bonds is 11. The van der Waals surface area contributed by atoms with Crippen molar-refractivity contribution in [2.24, 2.45) is 11.7 Å². The van der Waals surface area contributed by atoms with Crippen LogP contribution in [-0.4, -0.2) is 57.0 Å². The largest absolute Gasteiger partial charge is 0.382 e. The third-order valence-electron chi connectivity index (χ3n) is 4.76. The highest BCUT2D eigenvalue weighted by Gasteiger charge is 2.38. The predicted octanol–water partition coefficient (Wildman–Crippen LogP) is 2.66. The monoisotopic (exact) mass is 300 g/mol. The molecule has 1 rings (SSSR count). The van der Waals surface area contributed by atoms with Crippen LogP contribution < -0.4 is 5.73 Å². The van der Waals surface area contributed by atoms with Gasteiger partial charge in [0.05, 0.1) is 13.2 Å². The Hall–Kier alpha value is -0.160. The molecule has 0 spiro atoms. The first kappa shape index (κ1) is 18.9. The summed E-state index contributed by atoms with van der Waals surface area (Å²) in [5.74, 6) is 0.805. The van der Waals surface area contributed by atoms with Gasteiger partial charge < -0.3 is 15.2 Å². The highest BCUT2D eigenvalue weighted by Crippen LogP contribution is 2.36. The number of hydrogen-bond acceptors (Lipinski definition) is 4. The molecule has 0 aliphatic heterocycles. The van der Waals surface area contributed by atoms with Gasteiger partial charge in [-0.3, -0.25) is 4.90 Å².